The van der Waals surface area contributed by atoms with Crippen molar-refractivity contribution in [1.29, 1.82) is 0 Å². The summed E-state index contributed by atoms with van der Waals surface area (Å²) in [6, 6.07) is 1.78. The molecule has 0 saturated carbocycles. The molecule has 54 valence electrons. The Hall–Kier alpha value is -1.16. The van der Waals surface area contributed by atoms with E-state index in [2.05, 4.69) is 20.6 Å². The minimum Gasteiger partial charge on any atom is -0.342 e. The molecule has 1 heterocycles. The average Bonchev–Trinajstić information content (AvgIpc) is 2.03. The van der Waals surface area contributed by atoms with Crippen LogP contribution in [0.25, 0.3) is 0 Å². The number of hydrogen-bond donors (Lipinski definition) is 2. The standard InChI is InChI=1S/C6H10N4/c1-7-5-10-6-8-3-2-4-9-6/h2-4,7H,5H2,1H3,(H,8,9,10). The van der Waals surface area contributed by atoms with Crippen molar-refractivity contribution in [2.45, 2.75) is 0 Å². The SMILES string of the molecule is CNCNc1ncccn1. The van der Waals surface area contributed by atoms with Gasteiger partial charge < -0.3 is 10.6 Å². The van der Waals surface area contributed by atoms with E-state index in [4.69, 9.17) is 0 Å². The van der Waals surface area contributed by atoms with Crippen LogP contribution in [0.4, 0.5) is 5.95 Å². The van der Waals surface area contributed by atoms with Gasteiger partial charge in [-0.25, -0.2) is 9.97 Å². The van der Waals surface area contributed by atoms with Gasteiger partial charge in [0.15, 0.2) is 0 Å². The lowest BCUT2D eigenvalue weighted by Crippen LogP contribution is -2.17. The third kappa shape index (κ3) is 1.99. The predicted molar refractivity (Wildman–Crippen MR) is 39.6 cm³/mol. The second kappa shape index (κ2) is 3.79. The number of nitrogens with zero attached hydrogens (tertiary/aromatic N) is 2. The van der Waals surface area contributed by atoms with Crippen LogP contribution in [0, 0.1) is 0 Å². The monoisotopic (exact) mass is 138 g/mol. The van der Waals surface area contributed by atoms with Gasteiger partial charge in [0.1, 0.15) is 0 Å². The first-order valence-corrected chi connectivity index (χ1v) is 3.09. The molecule has 0 spiro atoms. The molecule has 0 aromatic carbocycles. The molecular weight excluding hydrogens is 128 g/mol. The van der Waals surface area contributed by atoms with Crippen molar-refractivity contribution in [3.63, 3.8) is 0 Å². The van der Waals surface area contributed by atoms with Gasteiger partial charge in [-0.1, -0.05) is 0 Å². The van der Waals surface area contributed by atoms with Crippen molar-refractivity contribution in [2.24, 2.45) is 0 Å². The minimum atomic E-state index is 0.650. The van der Waals surface area contributed by atoms with Gasteiger partial charge in [0.25, 0.3) is 0 Å². The summed E-state index contributed by atoms with van der Waals surface area (Å²) in [5.74, 6) is 0.650. The fourth-order valence-electron chi connectivity index (χ4n) is 0.558. The molecular formula is C6H10N4. The first-order chi connectivity index (χ1) is 4.93. The highest BCUT2D eigenvalue weighted by molar-refractivity contribution is 5.21. The molecule has 2 N–H and O–H groups in total. The van der Waals surface area contributed by atoms with Crippen LogP contribution in [0.3, 0.4) is 0 Å². The fourth-order valence-corrected chi connectivity index (χ4v) is 0.558. The molecule has 0 saturated heterocycles. The Kier molecular flexibility index (Phi) is 2.63. The van der Waals surface area contributed by atoms with Crippen LogP contribution in [-0.4, -0.2) is 23.7 Å². The zero-order valence-electron chi connectivity index (χ0n) is 5.83. The maximum Gasteiger partial charge on any atom is 0.223 e. The summed E-state index contributed by atoms with van der Waals surface area (Å²) in [6.07, 6.45) is 3.40. The molecule has 1 aromatic heterocycles. The third-order valence-electron chi connectivity index (χ3n) is 0.989. The van der Waals surface area contributed by atoms with E-state index in [0.29, 0.717) is 12.6 Å². The quantitative estimate of drug-likeness (QED) is 0.580. The van der Waals surface area contributed by atoms with E-state index >= 15 is 0 Å². The van der Waals surface area contributed by atoms with Gasteiger partial charge in [-0.3, -0.25) is 0 Å². The van der Waals surface area contributed by atoms with E-state index < -0.39 is 0 Å². The summed E-state index contributed by atoms with van der Waals surface area (Å²) < 4.78 is 0. The Morgan fingerprint density at radius 3 is 2.70 bits per heavy atom. The van der Waals surface area contributed by atoms with E-state index in [1.807, 2.05) is 7.05 Å². The second-order valence-electron chi connectivity index (χ2n) is 1.78. The van der Waals surface area contributed by atoms with E-state index in [0.717, 1.165) is 0 Å². The number of aromatic nitrogens is 2. The van der Waals surface area contributed by atoms with Crippen LogP contribution in [-0.2, 0) is 0 Å². The molecule has 0 aliphatic carbocycles. The molecule has 4 nitrogen and oxygen atoms in total. The van der Waals surface area contributed by atoms with Crippen LogP contribution in [0.5, 0.6) is 0 Å². The van der Waals surface area contributed by atoms with E-state index in [-0.39, 0.29) is 0 Å². The summed E-state index contributed by atoms with van der Waals surface area (Å²) in [7, 11) is 1.86. The van der Waals surface area contributed by atoms with Crippen LogP contribution < -0.4 is 10.6 Å². The molecule has 0 amide bonds. The van der Waals surface area contributed by atoms with Gasteiger partial charge in [0.05, 0.1) is 6.67 Å². The highest BCUT2D eigenvalue weighted by Gasteiger charge is 1.87. The summed E-state index contributed by atoms with van der Waals surface area (Å²) >= 11 is 0. The average molecular weight is 138 g/mol. The molecule has 0 fully saturated rings. The lowest BCUT2D eigenvalue weighted by molar-refractivity contribution is 0.860. The predicted octanol–water partition coefficient (Wildman–Crippen LogP) is 0.0654. The molecule has 0 bridgehead atoms. The molecule has 0 aliphatic heterocycles. The number of nitrogens with one attached hydrogen (secondary N) is 2. The van der Waals surface area contributed by atoms with Gasteiger partial charge in [-0.05, 0) is 13.1 Å². The van der Waals surface area contributed by atoms with Crippen molar-refractivity contribution in [2.75, 3.05) is 19.0 Å². The number of rotatable bonds is 3. The van der Waals surface area contributed by atoms with Crippen LogP contribution in [0.1, 0.15) is 0 Å². The number of anilines is 1. The van der Waals surface area contributed by atoms with Gasteiger partial charge in [-0.15, -0.1) is 0 Å². The highest BCUT2D eigenvalue weighted by Crippen LogP contribution is 1.90. The second-order valence-corrected chi connectivity index (χ2v) is 1.78. The third-order valence-corrected chi connectivity index (χ3v) is 0.989. The van der Waals surface area contributed by atoms with Crippen molar-refractivity contribution >= 4 is 5.95 Å². The van der Waals surface area contributed by atoms with E-state index in [9.17, 15) is 0 Å². The van der Waals surface area contributed by atoms with Gasteiger partial charge >= 0.3 is 0 Å². The topological polar surface area (TPSA) is 49.8 Å². The zero-order chi connectivity index (χ0) is 7.23. The summed E-state index contributed by atoms with van der Waals surface area (Å²) in [5, 5.41) is 5.89. The maximum absolute atomic E-state index is 3.95. The smallest absolute Gasteiger partial charge is 0.223 e. The van der Waals surface area contributed by atoms with Crippen LogP contribution in [0.2, 0.25) is 0 Å². The lowest BCUT2D eigenvalue weighted by Gasteiger charge is -2.00. The Labute approximate surface area is 59.7 Å². The summed E-state index contributed by atoms with van der Waals surface area (Å²) in [5.41, 5.74) is 0. The Bertz CT molecular complexity index is 174. The van der Waals surface area contributed by atoms with Crippen molar-refractivity contribution in [1.82, 2.24) is 15.3 Å². The normalized spacial score (nSPS) is 9.30. The molecule has 0 atom stereocenters. The summed E-state index contributed by atoms with van der Waals surface area (Å²) in [4.78, 5) is 7.91. The Morgan fingerprint density at radius 2 is 2.10 bits per heavy atom. The molecule has 1 aromatic rings. The Balaban J connectivity index is 2.43. The molecule has 4 heteroatoms. The van der Waals surface area contributed by atoms with Crippen molar-refractivity contribution in [3.05, 3.63) is 18.5 Å². The highest BCUT2D eigenvalue weighted by atomic mass is 15.1. The molecule has 0 radical (unpaired) electrons. The Morgan fingerprint density at radius 1 is 1.40 bits per heavy atom. The molecule has 10 heavy (non-hydrogen) atoms. The largest absolute Gasteiger partial charge is 0.342 e. The molecule has 0 aliphatic rings. The van der Waals surface area contributed by atoms with Crippen LogP contribution in [0.15, 0.2) is 18.5 Å². The first-order valence-electron chi connectivity index (χ1n) is 3.09. The van der Waals surface area contributed by atoms with Crippen molar-refractivity contribution in [3.8, 4) is 0 Å². The van der Waals surface area contributed by atoms with Gasteiger partial charge in [0.2, 0.25) is 5.95 Å². The van der Waals surface area contributed by atoms with E-state index in [1.54, 1.807) is 18.5 Å². The first kappa shape index (κ1) is 6.95. The van der Waals surface area contributed by atoms with Gasteiger partial charge in [-0.2, -0.15) is 0 Å². The fraction of sp³-hybridized carbons (Fsp3) is 0.333. The molecule has 1 rings (SSSR count). The number of hydrogen-bond acceptors (Lipinski definition) is 4. The molecule has 0 unspecified atom stereocenters. The lowest BCUT2D eigenvalue weighted by atomic mass is 10.7. The van der Waals surface area contributed by atoms with Gasteiger partial charge in [0, 0.05) is 12.4 Å². The summed E-state index contributed by atoms with van der Waals surface area (Å²) in [6.45, 7) is 0.685. The maximum atomic E-state index is 3.95. The van der Waals surface area contributed by atoms with Crippen molar-refractivity contribution < 1.29 is 0 Å². The zero-order valence-corrected chi connectivity index (χ0v) is 5.83. The van der Waals surface area contributed by atoms with E-state index in [1.165, 1.54) is 0 Å². The van der Waals surface area contributed by atoms with Crippen LogP contribution >= 0.6 is 0 Å². The minimum absolute atomic E-state index is 0.650.